The molecule has 5 heteroatoms. The van der Waals surface area contributed by atoms with Crippen molar-refractivity contribution >= 4 is 11.8 Å². The molecule has 2 N–H and O–H groups in total. The summed E-state index contributed by atoms with van der Waals surface area (Å²) < 4.78 is 5.04. The fraction of sp³-hybridized carbons (Fsp3) is 0.200. The Kier molecular flexibility index (Phi) is 4.55. The molecule has 0 bridgehead atoms. The maximum absolute atomic E-state index is 11.7. The fourth-order valence-corrected chi connectivity index (χ4v) is 1.69. The topological polar surface area (TPSA) is 71.2 Å². The maximum Gasteiger partial charge on any atom is 0.412 e. The van der Waals surface area contributed by atoms with E-state index in [9.17, 15) is 9.59 Å². The average Bonchev–Trinajstić information content (AvgIpc) is 2.48. The van der Waals surface area contributed by atoms with Crippen LogP contribution in [0.1, 0.15) is 18.2 Å². The smallest absolute Gasteiger partial charge is 0.412 e. The van der Waals surface area contributed by atoms with Gasteiger partial charge in [-0.25, -0.2) is 4.79 Å². The van der Waals surface area contributed by atoms with Crippen LogP contribution in [0.4, 0.5) is 10.5 Å². The van der Waals surface area contributed by atoms with Gasteiger partial charge in [-0.15, -0.1) is 0 Å². The molecule has 2 aromatic rings. The van der Waals surface area contributed by atoms with Gasteiger partial charge in [-0.1, -0.05) is 37.3 Å². The van der Waals surface area contributed by atoms with Crippen LogP contribution in [0.25, 0.3) is 0 Å². The highest BCUT2D eigenvalue weighted by atomic mass is 16.5. The molecule has 2 rings (SSSR count). The van der Waals surface area contributed by atoms with Crippen molar-refractivity contribution in [3.63, 3.8) is 0 Å². The number of nitrogens with one attached hydrogen (secondary N) is 2. The van der Waals surface area contributed by atoms with Gasteiger partial charge in [0.25, 0.3) is 5.56 Å². The Morgan fingerprint density at radius 3 is 2.60 bits per heavy atom. The van der Waals surface area contributed by atoms with E-state index < -0.39 is 6.09 Å². The van der Waals surface area contributed by atoms with Crippen molar-refractivity contribution in [2.24, 2.45) is 0 Å². The normalized spacial score (nSPS) is 10.1. The molecule has 0 unspecified atom stereocenters. The molecule has 0 saturated heterocycles. The van der Waals surface area contributed by atoms with Crippen molar-refractivity contribution < 1.29 is 9.53 Å². The number of aromatic amines is 1. The molecule has 5 nitrogen and oxygen atoms in total. The summed E-state index contributed by atoms with van der Waals surface area (Å²) in [5.41, 5.74) is 1.55. The van der Waals surface area contributed by atoms with E-state index in [0.717, 1.165) is 17.7 Å². The van der Waals surface area contributed by atoms with Crippen molar-refractivity contribution in [1.29, 1.82) is 0 Å². The molecular formula is C15H16N2O3. The Morgan fingerprint density at radius 1 is 1.20 bits per heavy atom. The van der Waals surface area contributed by atoms with Crippen molar-refractivity contribution in [3.05, 3.63) is 64.1 Å². The third-order valence-electron chi connectivity index (χ3n) is 2.80. The zero-order valence-electron chi connectivity index (χ0n) is 11.2. The highest BCUT2D eigenvalue weighted by molar-refractivity contribution is 5.84. The van der Waals surface area contributed by atoms with E-state index >= 15 is 0 Å². The van der Waals surface area contributed by atoms with Crippen LogP contribution >= 0.6 is 0 Å². The summed E-state index contributed by atoms with van der Waals surface area (Å²) in [5.74, 6) is 0. The third kappa shape index (κ3) is 3.71. The number of amides is 1. The molecule has 0 atom stereocenters. The number of hydrogen-bond donors (Lipinski definition) is 2. The molecule has 20 heavy (non-hydrogen) atoms. The second kappa shape index (κ2) is 6.56. The van der Waals surface area contributed by atoms with Crippen LogP contribution in [0, 0.1) is 0 Å². The molecule has 0 aliphatic heterocycles. The lowest BCUT2D eigenvalue weighted by molar-refractivity contribution is 0.155. The van der Waals surface area contributed by atoms with Gasteiger partial charge in [-0.2, -0.15) is 0 Å². The number of rotatable bonds is 4. The predicted molar refractivity (Wildman–Crippen MR) is 76.7 cm³/mol. The van der Waals surface area contributed by atoms with Crippen molar-refractivity contribution in [2.75, 3.05) is 5.32 Å². The molecule has 0 fully saturated rings. The Labute approximate surface area is 116 Å². The number of carbonyl (C=O) groups is 1. The molecule has 1 amide bonds. The Bertz CT molecular complexity index is 635. The Morgan fingerprint density at radius 2 is 1.95 bits per heavy atom. The first kappa shape index (κ1) is 13.9. The first-order chi connectivity index (χ1) is 9.69. The number of H-pyrrole nitrogens is 1. The minimum absolute atomic E-state index is 0.164. The zero-order chi connectivity index (χ0) is 14.4. The molecule has 0 aliphatic carbocycles. The van der Waals surface area contributed by atoms with E-state index in [-0.39, 0.29) is 17.9 Å². The van der Waals surface area contributed by atoms with Gasteiger partial charge in [-0.05, 0) is 24.1 Å². The fourth-order valence-electron chi connectivity index (χ4n) is 1.69. The van der Waals surface area contributed by atoms with Crippen LogP contribution in [0.15, 0.2) is 47.3 Å². The molecular weight excluding hydrogens is 256 g/mol. The van der Waals surface area contributed by atoms with Crippen LogP contribution in [-0.2, 0) is 17.8 Å². The standard InChI is InChI=1S/C15H16N2O3/c1-2-12-8-9-13(14(18)16-12)17-15(19)20-10-11-6-4-3-5-7-11/h3-9H,2,10H2,1H3,(H,16,18)(H,17,19). The highest BCUT2D eigenvalue weighted by Crippen LogP contribution is 2.04. The quantitative estimate of drug-likeness (QED) is 0.898. The van der Waals surface area contributed by atoms with Crippen LogP contribution in [-0.4, -0.2) is 11.1 Å². The second-order valence-corrected chi connectivity index (χ2v) is 4.27. The number of carbonyl (C=O) groups excluding carboxylic acids is 1. The van der Waals surface area contributed by atoms with Crippen LogP contribution < -0.4 is 10.9 Å². The Balaban J connectivity index is 1.93. The number of aryl methyl sites for hydroxylation is 1. The minimum atomic E-state index is -0.649. The van der Waals surface area contributed by atoms with Gasteiger partial charge >= 0.3 is 6.09 Å². The van der Waals surface area contributed by atoms with Crippen LogP contribution in [0.3, 0.4) is 0 Å². The first-order valence-corrected chi connectivity index (χ1v) is 6.39. The largest absolute Gasteiger partial charge is 0.444 e. The summed E-state index contributed by atoms with van der Waals surface area (Å²) >= 11 is 0. The molecule has 0 spiro atoms. The summed E-state index contributed by atoms with van der Waals surface area (Å²) in [6, 6.07) is 12.7. The molecule has 1 aromatic heterocycles. The lowest BCUT2D eigenvalue weighted by atomic mass is 10.2. The summed E-state index contributed by atoms with van der Waals surface area (Å²) in [7, 11) is 0. The number of anilines is 1. The number of ether oxygens (including phenoxy) is 1. The molecule has 104 valence electrons. The van der Waals surface area contributed by atoms with E-state index in [1.54, 1.807) is 12.1 Å². The van der Waals surface area contributed by atoms with Crippen LogP contribution in [0.2, 0.25) is 0 Å². The molecule has 0 saturated carbocycles. The van der Waals surface area contributed by atoms with Gasteiger partial charge in [0.2, 0.25) is 0 Å². The van der Waals surface area contributed by atoms with Gasteiger partial charge in [-0.3, -0.25) is 10.1 Å². The molecule has 1 heterocycles. The second-order valence-electron chi connectivity index (χ2n) is 4.27. The summed E-state index contributed by atoms with van der Waals surface area (Å²) in [6.07, 6.45) is 0.0807. The van der Waals surface area contributed by atoms with Crippen molar-refractivity contribution in [1.82, 2.24) is 4.98 Å². The number of hydrogen-bond acceptors (Lipinski definition) is 3. The predicted octanol–water partition coefficient (Wildman–Crippen LogP) is 2.69. The van der Waals surface area contributed by atoms with Gasteiger partial charge in [0, 0.05) is 5.69 Å². The summed E-state index contributed by atoms with van der Waals surface area (Å²) in [6.45, 7) is 2.10. The number of benzene rings is 1. The van der Waals surface area contributed by atoms with E-state index in [4.69, 9.17) is 4.74 Å². The summed E-state index contributed by atoms with van der Waals surface area (Å²) in [4.78, 5) is 26.0. The van der Waals surface area contributed by atoms with Gasteiger partial charge in [0.05, 0.1) is 0 Å². The van der Waals surface area contributed by atoms with Gasteiger partial charge in [0.1, 0.15) is 12.3 Å². The average molecular weight is 272 g/mol. The minimum Gasteiger partial charge on any atom is -0.444 e. The number of aromatic nitrogens is 1. The first-order valence-electron chi connectivity index (χ1n) is 6.39. The lowest BCUT2D eigenvalue weighted by Gasteiger charge is -2.07. The van der Waals surface area contributed by atoms with E-state index in [0.29, 0.717) is 0 Å². The number of pyridine rings is 1. The Hall–Kier alpha value is -2.56. The monoisotopic (exact) mass is 272 g/mol. The van der Waals surface area contributed by atoms with Crippen molar-refractivity contribution in [3.8, 4) is 0 Å². The zero-order valence-corrected chi connectivity index (χ0v) is 11.2. The molecule has 0 radical (unpaired) electrons. The maximum atomic E-state index is 11.7. The summed E-state index contributed by atoms with van der Waals surface area (Å²) in [5, 5.41) is 2.43. The highest BCUT2D eigenvalue weighted by Gasteiger charge is 2.07. The van der Waals surface area contributed by atoms with E-state index in [2.05, 4.69) is 10.3 Å². The third-order valence-corrected chi connectivity index (χ3v) is 2.80. The molecule has 0 aliphatic rings. The van der Waals surface area contributed by atoms with E-state index in [1.807, 2.05) is 37.3 Å². The lowest BCUT2D eigenvalue weighted by Crippen LogP contribution is -2.21. The SMILES string of the molecule is CCc1ccc(NC(=O)OCc2ccccc2)c(=O)[nH]1. The van der Waals surface area contributed by atoms with Crippen LogP contribution in [0.5, 0.6) is 0 Å². The van der Waals surface area contributed by atoms with E-state index in [1.165, 1.54) is 0 Å². The van der Waals surface area contributed by atoms with Crippen molar-refractivity contribution in [2.45, 2.75) is 20.0 Å². The van der Waals surface area contributed by atoms with Gasteiger partial charge in [0.15, 0.2) is 0 Å². The van der Waals surface area contributed by atoms with Gasteiger partial charge < -0.3 is 9.72 Å². The molecule has 1 aromatic carbocycles.